The van der Waals surface area contributed by atoms with Crippen molar-refractivity contribution in [3.05, 3.63) is 0 Å². The summed E-state index contributed by atoms with van der Waals surface area (Å²) >= 11 is 0. The van der Waals surface area contributed by atoms with Gasteiger partial charge in [-0.25, -0.2) is 0 Å². The fraction of sp³-hybridized carbons (Fsp3) is 1.00. The second-order valence-electron chi connectivity index (χ2n) is 3.97. The van der Waals surface area contributed by atoms with Gasteiger partial charge < -0.3 is 10.6 Å². The largest absolute Gasteiger partial charge is 0.330 e. The van der Waals surface area contributed by atoms with E-state index in [0.717, 1.165) is 12.6 Å². The molecule has 0 saturated heterocycles. The Kier molecular flexibility index (Phi) is 8.46. The quantitative estimate of drug-likeness (QED) is 0.589. The molecule has 0 radical (unpaired) electrons. The Labute approximate surface area is 83.5 Å². The van der Waals surface area contributed by atoms with Gasteiger partial charge in [0.05, 0.1) is 0 Å². The van der Waals surface area contributed by atoms with Gasteiger partial charge in [0.25, 0.3) is 0 Å². The Bertz CT molecular complexity index is 104. The molecule has 1 unspecified atom stereocenters. The minimum atomic E-state index is 0.739. The van der Waals surface area contributed by atoms with Gasteiger partial charge in [-0.2, -0.15) is 0 Å². The van der Waals surface area contributed by atoms with Crippen LogP contribution in [0.4, 0.5) is 0 Å². The van der Waals surface area contributed by atoms with Gasteiger partial charge >= 0.3 is 0 Å². The molecule has 0 fully saturated rings. The van der Waals surface area contributed by atoms with Crippen molar-refractivity contribution < 1.29 is 0 Å². The van der Waals surface area contributed by atoms with E-state index < -0.39 is 0 Å². The molecule has 13 heavy (non-hydrogen) atoms. The molecule has 0 aromatic carbocycles. The van der Waals surface area contributed by atoms with E-state index in [2.05, 4.69) is 25.8 Å². The van der Waals surface area contributed by atoms with Crippen molar-refractivity contribution in [2.75, 3.05) is 20.1 Å². The summed E-state index contributed by atoms with van der Waals surface area (Å²) in [5.74, 6) is 0. The molecule has 0 spiro atoms. The first-order valence-electron chi connectivity index (χ1n) is 5.62. The first kappa shape index (κ1) is 12.9. The average Bonchev–Trinajstić information content (AvgIpc) is 2.12. The molecule has 0 heterocycles. The van der Waals surface area contributed by atoms with Gasteiger partial charge in [-0.15, -0.1) is 0 Å². The smallest absolute Gasteiger partial charge is 0.00637 e. The normalized spacial score (nSPS) is 13.6. The third kappa shape index (κ3) is 7.03. The number of hydrogen-bond donors (Lipinski definition) is 1. The molecule has 1 atom stereocenters. The van der Waals surface area contributed by atoms with E-state index in [4.69, 9.17) is 5.73 Å². The van der Waals surface area contributed by atoms with Crippen LogP contribution in [0.2, 0.25) is 0 Å². The lowest BCUT2D eigenvalue weighted by molar-refractivity contribution is 0.240. The lowest BCUT2D eigenvalue weighted by Gasteiger charge is -2.24. The molecule has 2 nitrogen and oxygen atoms in total. The first-order valence-corrected chi connectivity index (χ1v) is 5.62. The molecule has 0 bridgehead atoms. The van der Waals surface area contributed by atoms with Crippen LogP contribution in [-0.4, -0.2) is 31.1 Å². The van der Waals surface area contributed by atoms with Crippen molar-refractivity contribution in [2.24, 2.45) is 5.73 Å². The molecule has 0 aliphatic rings. The number of nitrogens with two attached hydrogens (primary N) is 1. The van der Waals surface area contributed by atoms with Crippen LogP contribution in [0.15, 0.2) is 0 Å². The minimum Gasteiger partial charge on any atom is -0.330 e. The van der Waals surface area contributed by atoms with Gasteiger partial charge in [-0.3, -0.25) is 0 Å². The standard InChI is InChI=1S/C11H26N2/c1-4-8-11(2)13(3)10-7-5-6-9-12/h11H,4-10,12H2,1-3H3. The third-order valence-corrected chi connectivity index (χ3v) is 2.67. The summed E-state index contributed by atoms with van der Waals surface area (Å²) in [6, 6.07) is 0.739. The summed E-state index contributed by atoms with van der Waals surface area (Å²) < 4.78 is 0. The maximum absolute atomic E-state index is 5.44. The number of unbranched alkanes of at least 4 members (excludes halogenated alkanes) is 2. The van der Waals surface area contributed by atoms with E-state index >= 15 is 0 Å². The monoisotopic (exact) mass is 186 g/mol. The first-order chi connectivity index (χ1) is 6.22. The molecule has 0 aliphatic heterocycles. The average molecular weight is 186 g/mol. The molecular formula is C11H26N2. The van der Waals surface area contributed by atoms with Crippen LogP contribution < -0.4 is 5.73 Å². The van der Waals surface area contributed by atoms with E-state index in [1.54, 1.807) is 0 Å². The highest BCUT2D eigenvalue weighted by Crippen LogP contribution is 2.05. The van der Waals surface area contributed by atoms with Crippen molar-refractivity contribution in [3.8, 4) is 0 Å². The molecule has 2 N–H and O–H groups in total. The van der Waals surface area contributed by atoms with Crippen LogP contribution >= 0.6 is 0 Å². The zero-order chi connectivity index (χ0) is 10.1. The molecule has 0 saturated carbocycles. The van der Waals surface area contributed by atoms with E-state index in [-0.39, 0.29) is 0 Å². The van der Waals surface area contributed by atoms with E-state index in [9.17, 15) is 0 Å². The fourth-order valence-electron chi connectivity index (χ4n) is 1.54. The molecule has 80 valence electrons. The Morgan fingerprint density at radius 3 is 2.46 bits per heavy atom. The van der Waals surface area contributed by atoms with Gasteiger partial charge in [0.1, 0.15) is 0 Å². The molecule has 0 aromatic rings. The van der Waals surface area contributed by atoms with Crippen LogP contribution in [0.25, 0.3) is 0 Å². The Morgan fingerprint density at radius 1 is 1.23 bits per heavy atom. The molecule has 0 amide bonds. The highest BCUT2D eigenvalue weighted by atomic mass is 15.1. The lowest BCUT2D eigenvalue weighted by Crippen LogP contribution is -2.29. The second-order valence-corrected chi connectivity index (χ2v) is 3.97. The second kappa shape index (κ2) is 8.52. The summed E-state index contributed by atoms with van der Waals surface area (Å²) in [6.07, 6.45) is 6.35. The summed E-state index contributed by atoms with van der Waals surface area (Å²) in [7, 11) is 2.22. The van der Waals surface area contributed by atoms with Crippen molar-refractivity contribution in [2.45, 2.75) is 52.0 Å². The van der Waals surface area contributed by atoms with Crippen LogP contribution in [0.5, 0.6) is 0 Å². The molecule has 0 aliphatic carbocycles. The minimum absolute atomic E-state index is 0.739. The Balaban J connectivity index is 3.32. The number of rotatable bonds is 8. The van der Waals surface area contributed by atoms with E-state index in [1.807, 2.05) is 0 Å². The van der Waals surface area contributed by atoms with Crippen molar-refractivity contribution >= 4 is 0 Å². The summed E-state index contributed by atoms with van der Waals surface area (Å²) in [4.78, 5) is 2.46. The Hall–Kier alpha value is -0.0800. The lowest BCUT2D eigenvalue weighted by atomic mass is 10.1. The van der Waals surface area contributed by atoms with Crippen molar-refractivity contribution in [1.82, 2.24) is 4.90 Å². The van der Waals surface area contributed by atoms with Gasteiger partial charge in [0.15, 0.2) is 0 Å². The predicted molar refractivity (Wildman–Crippen MR) is 59.9 cm³/mol. The van der Waals surface area contributed by atoms with Crippen LogP contribution in [0.1, 0.15) is 46.0 Å². The van der Waals surface area contributed by atoms with Crippen molar-refractivity contribution in [3.63, 3.8) is 0 Å². The van der Waals surface area contributed by atoms with Crippen LogP contribution in [0.3, 0.4) is 0 Å². The van der Waals surface area contributed by atoms with Gasteiger partial charge in [0.2, 0.25) is 0 Å². The van der Waals surface area contributed by atoms with Crippen LogP contribution in [0, 0.1) is 0 Å². The Morgan fingerprint density at radius 2 is 1.92 bits per heavy atom. The van der Waals surface area contributed by atoms with Gasteiger partial charge in [-0.05, 0) is 46.3 Å². The molecule has 0 rings (SSSR count). The highest BCUT2D eigenvalue weighted by Gasteiger charge is 2.06. The van der Waals surface area contributed by atoms with Crippen molar-refractivity contribution in [1.29, 1.82) is 0 Å². The highest BCUT2D eigenvalue weighted by molar-refractivity contribution is 4.62. The number of nitrogens with zero attached hydrogens (tertiary/aromatic N) is 1. The zero-order valence-electron chi connectivity index (χ0n) is 9.55. The van der Waals surface area contributed by atoms with E-state index in [1.165, 1.54) is 38.6 Å². The number of hydrogen-bond acceptors (Lipinski definition) is 2. The SMILES string of the molecule is CCCC(C)N(C)CCCCCN. The predicted octanol–water partition coefficient (Wildman–Crippen LogP) is 2.24. The fourth-order valence-corrected chi connectivity index (χ4v) is 1.54. The molecule has 0 aromatic heterocycles. The molecular weight excluding hydrogens is 160 g/mol. The zero-order valence-corrected chi connectivity index (χ0v) is 9.55. The van der Waals surface area contributed by atoms with E-state index in [0.29, 0.717) is 0 Å². The topological polar surface area (TPSA) is 29.3 Å². The van der Waals surface area contributed by atoms with Gasteiger partial charge in [0, 0.05) is 6.04 Å². The molecule has 2 heteroatoms. The summed E-state index contributed by atoms with van der Waals surface area (Å²) in [6.45, 7) is 6.63. The van der Waals surface area contributed by atoms with Crippen LogP contribution in [-0.2, 0) is 0 Å². The van der Waals surface area contributed by atoms with Gasteiger partial charge in [-0.1, -0.05) is 19.8 Å². The summed E-state index contributed by atoms with van der Waals surface area (Å²) in [5, 5.41) is 0. The third-order valence-electron chi connectivity index (χ3n) is 2.67. The maximum atomic E-state index is 5.44. The maximum Gasteiger partial charge on any atom is 0.00637 e. The summed E-state index contributed by atoms with van der Waals surface area (Å²) in [5.41, 5.74) is 5.44.